The van der Waals surface area contributed by atoms with Crippen molar-refractivity contribution in [3.05, 3.63) is 16.1 Å². The van der Waals surface area contributed by atoms with Crippen LogP contribution in [-0.4, -0.2) is 24.2 Å². The molecule has 102 valence electrons. The highest BCUT2D eigenvalue weighted by atomic mass is 32.1. The smallest absolute Gasteiger partial charge is 0.0982 e. The quantitative estimate of drug-likeness (QED) is 0.915. The Morgan fingerprint density at radius 2 is 2.28 bits per heavy atom. The highest BCUT2D eigenvalue weighted by Gasteiger charge is 2.22. The third-order valence-electron chi connectivity index (χ3n) is 3.38. The molecular formula is C14H24N2OS. The number of ether oxygens (including phenoxy) is 1. The maximum atomic E-state index is 5.46. The lowest BCUT2D eigenvalue weighted by Gasteiger charge is -2.29. The maximum Gasteiger partial charge on any atom is 0.0982 e. The molecule has 0 aromatic carbocycles. The topological polar surface area (TPSA) is 34.1 Å². The summed E-state index contributed by atoms with van der Waals surface area (Å²) in [4.78, 5) is 4.72. The van der Waals surface area contributed by atoms with Crippen molar-refractivity contribution in [1.82, 2.24) is 10.3 Å². The van der Waals surface area contributed by atoms with E-state index in [2.05, 4.69) is 38.4 Å². The van der Waals surface area contributed by atoms with Gasteiger partial charge in [-0.25, -0.2) is 4.98 Å². The van der Waals surface area contributed by atoms with Gasteiger partial charge in [-0.05, 0) is 12.3 Å². The van der Waals surface area contributed by atoms with Gasteiger partial charge in [0.25, 0.3) is 0 Å². The van der Waals surface area contributed by atoms with E-state index in [4.69, 9.17) is 9.72 Å². The van der Waals surface area contributed by atoms with Crippen LogP contribution in [0.5, 0.6) is 0 Å². The summed E-state index contributed by atoms with van der Waals surface area (Å²) < 4.78 is 5.46. The van der Waals surface area contributed by atoms with E-state index in [-0.39, 0.29) is 5.41 Å². The normalized spacial score (nSPS) is 25.3. The van der Waals surface area contributed by atoms with Gasteiger partial charge in [0, 0.05) is 30.0 Å². The predicted molar refractivity (Wildman–Crippen MR) is 76.0 cm³/mol. The van der Waals surface area contributed by atoms with E-state index >= 15 is 0 Å². The Balaban J connectivity index is 1.88. The van der Waals surface area contributed by atoms with Crippen LogP contribution in [-0.2, 0) is 16.7 Å². The average molecular weight is 268 g/mol. The van der Waals surface area contributed by atoms with E-state index in [1.165, 1.54) is 10.7 Å². The van der Waals surface area contributed by atoms with Crippen LogP contribution < -0.4 is 5.32 Å². The molecule has 1 aromatic heterocycles. The van der Waals surface area contributed by atoms with Gasteiger partial charge in [-0.3, -0.25) is 0 Å². The zero-order chi connectivity index (χ0) is 13.2. The Labute approximate surface area is 114 Å². The molecule has 1 aliphatic rings. The van der Waals surface area contributed by atoms with Crippen LogP contribution in [0, 0.1) is 5.92 Å². The van der Waals surface area contributed by atoms with Gasteiger partial charge in [0.2, 0.25) is 0 Å². The van der Waals surface area contributed by atoms with Crippen LogP contribution in [0.25, 0.3) is 0 Å². The molecule has 2 atom stereocenters. The van der Waals surface area contributed by atoms with Crippen LogP contribution in [0.3, 0.4) is 0 Å². The number of nitrogens with zero attached hydrogens (tertiary/aromatic N) is 1. The number of hydrogen-bond donors (Lipinski definition) is 1. The molecule has 0 spiro atoms. The highest BCUT2D eigenvalue weighted by molar-refractivity contribution is 7.09. The summed E-state index contributed by atoms with van der Waals surface area (Å²) in [5.74, 6) is 0.597. The number of thiazole rings is 1. The first kappa shape index (κ1) is 14.0. The van der Waals surface area contributed by atoms with Crippen LogP contribution in [0.4, 0.5) is 0 Å². The van der Waals surface area contributed by atoms with Crippen molar-refractivity contribution in [2.24, 2.45) is 5.92 Å². The highest BCUT2D eigenvalue weighted by Crippen LogP contribution is 2.25. The average Bonchev–Trinajstić information content (AvgIpc) is 2.76. The molecule has 0 radical (unpaired) electrons. The fourth-order valence-corrected chi connectivity index (χ4v) is 3.06. The summed E-state index contributed by atoms with van der Waals surface area (Å²) in [6, 6.07) is 0.568. The summed E-state index contributed by atoms with van der Waals surface area (Å²) in [6.45, 7) is 11.5. The standard InChI is InChI=1S/C14H24N2OS/c1-10-8-17-6-5-12(10)15-7-11-9-18-13(16-11)14(2,3)4/h9-10,12,15H,5-8H2,1-4H3. The molecule has 0 bridgehead atoms. The van der Waals surface area contributed by atoms with E-state index in [0.29, 0.717) is 12.0 Å². The molecule has 2 heterocycles. The summed E-state index contributed by atoms with van der Waals surface area (Å²) in [5.41, 5.74) is 1.33. The van der Waals surface area contributed by atoms with E-state index < -0.39 is 0 Å². The molecule has 0 amide bonds. The fourth-order valence-electron chi connectivity index (χ4n) is 2.15. The molecule has 1 N–H and O–H groups in total. The third-order valence-corrected chi connectivity index (χ3v) is 4.70. The monoisotopic (exact) mass is 268 g/mol. The van der Waals surface area contributed by atoms with Crippen molar-refractivity contribution in [3.8, 4) is 0 Å². The minimum absolute atomic E-state index is 0.162. The number of hydrogen-bond acceptors (Lipinski definition) is 4. The van der Waals surface area contributed by atoms with Crippen LogP contribution in [0.2, 0.25) is 0 Å². The molecule has 1 aromatic rings. The largest absolute Gasteiger partial charge is 0.381 e. The molecule has 2 rings (SSSR count). The van der Waals surface area contributed by atoms with E-state index in [9.17, 15) is 0 Å². The van der Waals surface area contributed by atoms with Gasteiger partial charge >= 0.3 is 0 Å². The van der Waals surface area contributed by atoms with Crippen LogP contribution >= 0.6 is 11.3 Å². The van der Waals surface area contributed by atoms with Gasteiger partial charge < -0.3 is 10.1 Å². The molecule has 2 unspecified atom stereocenters. The first-order chi connectivity index (χ1) is 8.47. The molecule has 3 nitrogen and oxygen atoms in total. The van der Waals surface area contributed by atoms with E-state index in [0.717, 1.165) is 26.2 Å². The van der Waals surface area contributed by atoms with Crippen LogP contribution in [0.1, 0.15) is 44.8 Å². The van der Waals surface area contributed by atoms with Gasteiger partial charge in [0.15, 0.2) is 0 Å². The van der Waals surface area contributed by atoms with Crippen molar-refractivity contribution in [1.29, 1.82) is 0 Å². The zero-order valence-corrected chi connectivity index (χ0v) is 12.6. The van der Waals surface area contributed by atoms with Crippen molar-refractivity contribution in [2.75, 3.05) is 13.2 Å². The summed E-state index contributed by atoms with van der Waals surface area (Å²) in [5, 5.41) is 7.02. The summed E-state index contributed by atoms with van der Waals surface area (Å²) >= 11 is 1.77. The number of nitrogens with one attached hydrogen (secondary N) is 1. The molecular weight excluding hydrogens is 244 g/mol. The van der Waals surface area contributed by atoms with Gasteiger partial charge in [-0.2, -0.15) is 0 Å². The Hall–Kier alpha value is -0.450. The minimum atomic E-state index is 0.162. The van der Waals surface area contributed by atoms with E-state index in [1.807, 2.05) is 0 Å². The van der Waals surface area contributed by atoms with Gasteiger partial charge in [0.1, 0.15) is 0 Å². The second-order valence-corrected chi connectivity index (χ2v) is 7.08. The molecule has 1 aliphatic heterocycles. The predicted octanol–water partition coefficient (Wildman–Crippen LogP) is 2.96. The number of aromatic nitrogens is 1. The first-order valence-corrected chi connectivity index (χ1v) is 7.61. The second kappa shape index (κ2) is 5.68. The molecule has 1 fully saturated rings. The summed E-state index contributed by atoms with van der Waals surface area (Å²) in [6.07, 6.45) is 1.11. The molecule has 4 heteroatoms. The summed E-state index contributed by atoms with van der Waals surface area (Å²) in [7, 11) is 0. The van der Waals surface area contributed by atoms with Crippen molar-refractivity contribution in [2.45, 2.75) is 52.1 Å². The van der Waals surface area contributed by atoms with E-state index in [1.54, 1.807) is 11.3 Å². The fraction of sp³-hybridized carbons (Fsp3) is 0.786. The van der Waals surface area contributed by atoms with Gasteiger partial charge in [0.05, 0.1) is 17.3 Å². The Kier molecular flexibility index (Phi) is 4.41. The maximum absolute atomic E-state index is 5.46. The minimum Gasteiger partial charge on any atom is -0.381 e. The SMILES string of the molecule is CC1COCCC1NCc1csc(C(C)(C)C)n1. The molecule has 0 saturated carbocycles. The third kappa shape index (κ3) is 3.53. The van der Waals surface area contributed by atoms with Gasteiger partial charge in [-0.1, -0.05) is 27.7 Å². The lowest BCUT2D eigenvalue weighted by Crippen LogP contribution is -2.41. The molecule has 0 aliphatic carbocycles. The number of rotatable bonds is 3. The lowest BCUT2D eigenvalue weighted by atomic mass is 9.97. The van der Waals surface area contributed by atoms with Crippen molar-refractivity contribution < 1.29 is 4.74 Å². The zero-order valence-electron chi connectivity index (χ0n) is 11.8. The van der Waals surface area contributed by atoms with Gasteiger partial charge in [-0.15, -0.1) is 11.3 Å². The lowest BCUT2D eigenvalue weighted by molar-refractivity contribution is 0.0385. The Morgan fingerprint density at radius 3 is 2.89 bits per heavy atom. The Morgan fingerprint density at radius 1 is 1.50 bits per heavy atom. The van der Waals surface area contributed by atoms with Crippen molar-refractivity contribution in [3.63, 3.8) is 0 Å². The van der Waals surface area contributed by atoms with Crippen LogP contribution in [0.15, 0.2) is 5.38 Å². The Bertz CT molecular complexity index is 383. The van der Waals surface area contributed by atoms with Crippen molar-refractivity contribution >= 4 is 11.3 Å². The second-order valence-electron chi connectivity index (χ2n) is 6.22. The molecule has 1 saturated heterocycles. The first-order valence-electron chi connectivity index (χ1n) is 6.73. The molecule has 18 heavy (non-hydrogen) atoms.